The molecule has 0 spiro atoms. The largest absolute Gasteiger partial charge is 0.271 e. The predicted octanol–water partition coefficient (Wildman–Crippen LogP) is 3.13. The van der Waals surface area contributed by atoms with Crippen molar-refractivity contribution in [3.05, 3.63) is 34.6 Å². The molecule has 0 aliphatic carbocycles. The molecule has 16 heavy (non-hydrogen) atoms. The van der Waals surface area contributed by atoms with Crippen molar-refractivity contribution in [2.45, 2.75) is 19.4 Å². The fourth-order valence-electron chi connectivity index (χ4n) is 1.36. The third-order valence-corrected chi connectivity index (χ3v) is 3.67. The number of thioether (sulfide) groups is 1. The number of benzene rings is 1. The second-order valence-electron chi connectivity index (χ2n) is 3.46. The molecule has 1 atom stereocenters. The molecule has 0 radical (unpaired) electrons. The van der Waals surface area contributed by atoms with E-state index in [9.17, 15) is 4.39 Å². The van der Waals surface area contributed by atoms with Crippen LogP contribution in [0.4, 0.5) is 4.39 Å². The standard InChI is InChI=1S/C11H16ClFN2S/c1-2-5-16-7-11(15-14)9-4-3-8(12)6-10(9)13/h3-4,6,11,15H,2,5,7,14H2,1H3. The molecule has 0 saturated heterocycles. The van der Waals surface area contributed by atoms with Crippen molar-refractivity contribution in [3.8, 4) is 0 Å². The van der Waals surface area contributed by atoms with Gasteiger partial charge in [0.2, 0.25) is 0 Å². The molecule has 0 aliphatic rings. The van der Waals surface area contributed by atoms with Gasteiger partial charge >= 0.3 is 0 Å². The van der Waals surface area contributed by atoms with E-state index in [1.54, 1.807) is 23.9 Å². The Morgan fingerprint density at radius 2 is 2.31 bits per heavy atom. The average molecular weight is 263 g/mol. The molecule has 1 aromatic carbocycles. The third-order valence-electron chi connectivity index (χ3n) is 2.17. The van der Waals surface area contributed by atoms with Crippen molar-refractivity contribution in [2.75, 3.05) is 11.5 Å². The highest BCUT2D eigenvalue weighted by atomic mass is 35.5. The van der Waals surface area contributed by atoms with Gasteiger partial charge in [0.05, 0.1) is 6.04 Å². The highest BCUT2D eigenvalue weighted by Gasteiger charge is 2.14. The molecule has 0 saturated carbocycles. The Morgan fingerprint density at radius 1 is 1.56 bits per heavy atom. The first-order valence-electron chi connectivity index (χ1n) is 5.17. The van der Waals surface area contributed by atoms with Crippen LogP contribution < -0.4 is 11.3 Å². The van der Waals surface area contributed by atoms with Crippen LogP contribution in [0.2, 0.25) is 5.02 Å². The Kier molecular flexibility index (Phi) is 6.13. The Bertz CT molecular complexity index is 336. The highest BCUT2D eigenvalue weighted by molar-refractivity contribution is 7.99. The number of hydrazine groups is 1. The minimum Gasteiger partial charge on any atom is -0.271 e. The van der Waals surface area contributed by atoms with Crippen molar-refractivity contribution in [1.82, 2.24) is 5.43 Å². The molecule has 3 N–H and O–H groups in total. The molecular weight excluding hydrogens is 247 g/mol. The van der Waals surface area contributed by atoms with Gasteiger partial charge in [-0.3, -0.25) is 11.3 Å². The summed E-state index contributed by atoms with van der Waals surface area (Å²) < 4.78 is 13.6. The molecule has 1 rings (SSSR count). The van der Waals surface area contributed by atoms with E-state index in [-0.39, 0.29) is 11.9 Å². The molecule has 0 heterocycles. The van der Waals surface area contributed by atoms with Crippen LogP contribution in [0.5, 0.6) is 0 Å². The number of hydrogen-bond acceptors (Lipinski definition) is 3. The van der Waals surface area contributed by atoms with Crippen LogP contribution in [-0.2, 0) is 0 Å². The first-order chi connectivity index (χ1) is 7.69. The van der Waals surface area contributed by atoms with Crippen molar-refractivity contribution in [2.24, 2.45) is 5.84 Å². The average Bonchev–Trinajstić information content (AvgIpc) is 2.26. The van der Waals surface area contributed by atoms with E-state index in [1.807, 2.05) is 0 Å². The fraction of sp³-hybridized carbons (Fsp3) is 0.455. The smallest absolute Gasteiger partial charge is 0.129 e. The lowest BCUT2D eigenvalue weighted by atomic mass is 10.1. The summed E-state index contributed by atoms with van der Waals surface area (Å²) in [5, 5.41) is 0.401. The summed E-state index contributed by atoms with van der Waals surface area (Å²) >= 11 is 7.45. The minimum absolute atomic E-state index is 0.172. The molecule has 0 bridgehead atoms. The predicted molar refractivity (Wildman–Crippen MR) is 69.1 cm³/mol. The maximum Gasteiger partial charge on any atom is 0.129 e. The van der Waals surface area contributed by atoms with Crippen LogP contribution in [0.1, 0.15) is 24.9 Å². The van der Waals surface area contributed by atoms with Gasteiger partial charge in [-0.1, -0.05) is 24.6 Å². The van der Waals surface area contributed by atoms with Gasteiger partial charge in [0, 0.05) is 16.3 Å². The Hall–Kier alpha value is -0.290. The molecule has 2 nitrogen and oxygen atoms in total. The first kappa shape index (κ1) is 13.8. The molecule has 0 fully saturated rings. The van der Waals surface area contributed by atoms with Crippen LogP contribution in [-0.4, -0.2) is 11.5 Å². The summed E-state index contributed by atoms with van der Waals surface area (Å²) in [5.41, 5.74) is 3.20. The van der Waals surface area contributed by atoms with Gasteiger partial charge in [-0.15, -0.1) is 0 Å². The Balaban J connectivity index is 2.70. The maximum atomic E-state index is 13.6. The number of nitrogens with two attached hydrogens (primary N) is 1. The van der Waals surface area contributed by atoms with Gasteiger partial charge in [-0.25, -0.2) is 4.39 Å². The quantitative estimate of drug-likeness (QED) is 0.470. The van der Waals surface area contributed by atoms with E-state index in [1.165, 1.54) is 6.07 Å². The number of halogens is 2. The Morgan fingerprint density at radius 3 is 2.88 bits per heavy atom. The van der Waals surface area contributed by atoms with E-state index in [0.29, 0.717) is 10.6 Å². The maximum absolute atomic E-state index is 13.6. The normalized spacial score (nSPS) is 12.8. The summed E-state index contributed by atoms with van der Waals surface area (Å²) in [6.07, 6.45) is 1.10. The number of hydrogen-bond donors (Lipinski definition) is 2. The number of rotatable bonds is 6. The molecule has 5 heteroatoms. The van der Waals surface area contributed by atoms with Crippen LogP contribution in [0, 0.1) is 5.82 Å². The number of nitrogens with one attached hydrogen (secondary N) is 1. The van der Waals surface area contributed by atoms with Crippen LogP contribution >= 0.6 is 23.4 Å². The van der Waals surface area contributed by atoms with Gasteiger partial charge in [0.25, 0.3) is 0 Å². The van der Waals surface area contributed by atoms with Crippen molar-refractivity contribution >= 4 is 23.4 Å². The molecule has 0 aromatic heterocycles. The van der Waals surface area contributed by atoms with Gasteiger partial charge in [-0.2, -0.15) is 11.8 Å². The van der Waals surface area contributed by atoms with Crippen LogP contribution in [0.15, 0.2) is 18.2 Å². The van der Waals surface area contributed by atoms with E-state index < -0.39 is 0 Å². The van der Waals surface area contributed by atoms with Crippen LogP contribution in [0.25, 0.3) is 0 Å². The lowest BCUT2D eigenvalue weighted by Gasteiger charge is -2.16. The molecule has 0 amide bonds. The van der Waals surface area contributed by atoms with E-state index >= 15 is 0 Å². The summed E-state index contributed by atoms with van der Waals surface area (Å²) in [7, 11) is 0. The monoisotopic (exact) mass is 262 g/mol. The molecule has 0 aliphatic heterocycles. The molecule has 1 unspecified atom stereocenters. The fourth-order valence-corrected chi connectivity index (χ4v) is 2.48. The van der Waals surface area contributed by atoms with Crippen molar-refractivity contribution < 1.29 is 4.39 Å². The van der Waals surface area contributed by atoms with Gasteiger partial charge in [0.15, 0.2) is 0 Å². The summed E-state index contributed by atoms with van der Waals surface area (Å²) in [6.45, 7) is 2.11. The van der Waals surface area contributed by atoms with Crippen LogP contribution in [0.3, 0.4) is 0 Å². The summed E-state index contributed by atoms with van der Waals surface area (Å²) in [4.78, 5) is 0. The Labute approximate surface area is 105 Å². The minimum atomic E-state index is -0.312. The molecule has 1 aromatic rings. The van der Waals surface area contributed by atoms with Gasteiger partial charge < -0.3 is 0 Å². The SMILES string of the molecule is CCCSCC(NN)c1ccc(Cl)cc1F. The molecule has 90 valence electrons. The second kappa shape index (κ2) is 7.12. The topological polar surface area (TPSA) is 38.0 Å². The van der Waals surface area contributed by atoms with E-state index in [2.05, 4.69) is 12.3 Å². The second-order valence-corrected chi connectivity index (χ2v) is 5.05. The van der Waals surface area contributed by atoms with Gasteiger partial charge in [0.1, 0.15) is 5.82 Å². The highest BCUT2D eigenvalue weighted by Crippen LogP contribution is 2.23. The first-order valence-corrected chi connectivity index (χ1v) is 6.71. The summed E-state index contributed by atoms with van der Waals surface area (Å²) in [5.74, 6) is 6.92. The zero-order valence-electron chi connectivity index (χ0n) is 9.17. The lowest BCUT2D eigenvalue weighted by Crippen LogP contribution is -2.30. The third kappa shape index (κ3) is 3.94. The summed E-state index contributed by atoms with van der Waals surface area (Å²) in [6, 6.07) is 4.49. The van der Waals surface area contributed by atoms with E-state index in [0.717, 1.165) is 17.9 Å². The zero-order chi connectivity index (χ0) is 12.0. The van der Waals surface area contributed by atoms with Gasteiger partial charge in [-0.05, 0) is 24.3 Å². The molecular formula is C11H16ClFN2S. The van der Waals surface area contributed by atoms with E-state index in [4.69, 9.17) is 17.4 Å². The zero-order valence-corrected chi connectivity index (χ0v) is 10.7. The van der Waals surface area contributed by atoms with Crippen molar-refractivity contribution in [1.29, 1.82) is 0 Å². The lowest BCUT2D eigenvalue weighted by molar-refractivity contribution is 0.546. The van der Waals surface area contributed by atoms with Crippen molar-refractivity contribution in [3.63, 3.8) is 0 Å².